The number of rotatable bonds is 6. The van der Waals surface area contributed by atoms with Gasteiger partial charge in [0.15, 0.2) is 6.61 Å². The van der Waals surface area contributed by atoms with E-state index in [1.807, 2.05) is 71.3 Å². The maximum absolute atomic E-state index is 12.6. The number of benzene rings is 2. The number of nitrogens with zero attached hydrogens (tertiary/aromatic N) is 3. The Labute approximate surface area is 168 Å². The maximum Gasteiger partial charge on any atom is 0.263 e. The van der Waals surface area contributed by atoms with E-state index in [1.165, 1.54) is 0 Å². The smallest absolute Gasteiger partial charge is 0.263 e. The van der Waals surface area contributed by atoms with E-state index in [4.69, 9.17) is 10.00 Å². The molecule has 142 valence electrons. The molecule has 4 aromatic rings. The van der Waals surface area contributed by atoms with E-state index >= 15 is 0 Å². The standard InChI is InChI=1S/C23H18N4O2/c24-14-13-17-9-11-19(12-10-17)29-16-21(28)26-23-22(18-6-2-1-3-7-18)25-20-8-4-5-15-27(20)23/h1-12,15H,13,16H2,(H,26,28). The molecular weight excluding hydrogens is 364 g/mol. The third-order valence-electron chi connectivity index (χ3n) is 4.41. The summed E-state index contributed by atoms with van der Waals surface area (Å²) in [5, 5.41) is 11.7. The van der Waals surface area contributed by atoms with Gasteiger partial charge in [-0.1, -0.05) is 48.5 Å². The molecule has 0 bridgehead atoms. The topological polar surface area (TPSA) is 79.4 Å². The number of anilines is 1. The van der Waals surface area contributed by atoms with Crippen LogP contribution in [0, 0.1) is 11.3 Å². The number of hydrogen-bond acceptors (Lipinski definition) is 4. The SMILES string of the molecule is N#CCc1ccc(OCC(=O)Nc2c(-c3ccccc3)nc3ccccn23)cc1. The van der Waals surface area contributed by atoms with Gasteiger partial charge in [-0.2, -0.15) is 5.26 Å². The van der Waals surface area contributed by atoms with Crippen molar-refractivity contribution < 1.29 is 9.53 Å². The van der Waals surface area contributed by atoms with Crippen LogP contribution in [0.25, 0.3) is 16.9 Å². The minimum Gasteiger partial charge on any atom is -0.484 e. The highest BCUT2D eigenvalue weighted by molar-refractivity contribution is 5.95. The van der Waals surface area contributed by atoms with Crippen molar-refractivity contribution in [3.63, 3.8) is 0 Å². The van der Waals surface area contributed by atoms with Crippen LogP contribution in [0.2, 0.25) is 0 Å². The predicted molar refractivity (Wildman–Crippen MR) is 111 cm³/mol. The zero-order valence-corrected chi connectivity index (χ0v) is 15.6. The number of fused-ring (bicyclic) bond motifs is 1. The van der Waals surface area contributed by atoms with Crippen LogP contribution in [0.15, 0.2) is 79.0 Å². The zero-order chi connectivity index (χ0) is 20.1. The quantitative estimate of drug-likeness (QED) is 0.545. The second-order valence-corrected chi connectivity index (χ2v) is 6.42. The van der Waals surface area contributed by atoms with Gasteiger partial charge in [-0.15, -0.1) is 0 Å². The second-order valence-electron chi connectivity index (χ2n) is 6.42. The van der Waals surface area contributed by atoms with E-state index in [2.05, 4.69) is 16.4 Å². The Hall–Kier alpha value is -4.11. The van der Waals surface area contributed by atoms with Gasteiger partial charge in [0.2, 0.25) is 0 Å². The van der Waals surface area contributed by atoms with Crippen LogP contribution in [-0.4, -0.2) is 21.9 Å². The molecule has 0 saturated heterocycles. The van der Waals surface area contributed by atoms with Crippen LogP contribution in [0.4, 0.5) is 5.82 Å². The molecule has 0 unspecified atom stereocenters. The zero-order valence-electron chi connectivity index (χ0n) is 15.6. The number of carbonyl (C=O) groups excluding carboxylic acids is 1. The van der Waals surface area contributed by atoms with Crippen molar-refractivity contribution in [3.05, 3.63) is 84.6 Å². The highest BCUT2D eigenvalue weighted by Gasteiger charge is 2.16. The molecule has 0 spiro atoms. The number of nitriles is 1. The van der Waals surface area contributed by atoms with Gasteiger partial charge in [0, 0.05) is 11.8 Å². The summed E-state index contributed by atoms with van der Waals surface area (Å²) < 4.78 is 7.43. The van der Waals surface area contributed by atoms with E-state index in [1.54, 1.807) is 12.1 Å². The van der Waals surface area contributed by atoms with E-state index in [9.17, 15) is 4.79 Å². The summed E-state index contributed by atoms with van der Waals surface area (Å²) >= 11 is 0. The van der Waals surface area contributed by atoms with Gasteiger partial charge in [0.25, 0.3) is 5.91 Å². The molecule has 1 N–H and O–H groups in total. The van der Waals surface area contributed by atoms with E-state index in [0.29, 0.717) is 23.7 Å². The highest BCUT2D eigenvalue weighted by atomic mass is 16.5. The lowest BCUT2D eigenvalue weighted by Crippen LogP contribution is -2.21. The monoisotopic (exact) mass is 382 g/mol. The number of aromatic nitrogens is 2. The van der Waals surface area contributed by atoms with Gasteiger partial charge in [-0.3, -0.25) is 9.20 Å². The maximum atomic E-state index is 12.6. The molecule has 0 aliphatic carbocycles. The first-order valence-electron chi connectivity index (χ1n) is 9.15. The molecule has 0 atom stereocenters. The Morgan fingerprint density at radius 2 is 1.79 bits per heavy atom. The fourth-order valence-electron chi connectivity index (χ4n) is 3.02. The predicted octanol–water partition coefficient (Wildman–Crippen LogP) is 4.08. The van der Waals surface area contributed by atoms with Crippen molar-refractivity contribution >= 4 is 17.4 Å². The molecule has 0 aliphatic heterocycles. The second kappa shape index (κ2) is 8.28. The van der Waals surface area contributed by atoms with Crippen molar-refractivity contribution in [1.29, 1.82) is 5.26 Å². The fourth-order valence-corrected chi connectivity index (χ4v) is 3.02. The summed E-state index contributed by atoms with van der Waals surface area (Å²) in [5.41, 5.74) is 3.27. The average Bonchev–Trinajstić information content (AvgIpc) is 3.12. The lowest BCUT2D eigenvalue weighted by molar-refractivity contribution is -0.118. The summed E-state index contributed by atoms with van der Waals surface area (Å²) in [6.45, 7) is -0.133. The Morgan fingerprint density at radius 3 is 2.55 bits per heavy atom. The molecule has 0 aliphatic rings. The van der Waals surface area contributed by atoms with Crippen LogP contribution in [-0.2, 0) is 11.2 Å². The largest absolute Gasteiger partial charge is 0.484 e. The van der Waals surface area contributed by atoms with E-state index in [-0.39, 0.29) is 12.5 Å². The van der Waals surface area contributed by atoms with Gasteiger partial charge in [0.05, 0.1) is 12.5 Å². The summed E-state index contributed by atoms with van der Waals surface area (Å²) in [5.74, 6) is 0.891. The number of hydrogen-bond donors (Lipinski definition) is 1. The Kier molecular flexibility index (Phi) is 5.21. The number of amides is 1. The number of imidazole rings is 1. The summed E-state index contributed by atoms with van der Waals surface area (Å²) in [4.78, 5) is 17.2. The Morgan fingerprint density at radius 1 is 1.03 bits per heavy atom. The molecule has 2 heterocycles. The van der Waals surface area contributed by atoms with Gasteiger partial charge in [0.1, 0.15) is 22.9 Å². The summed E-state index contributed by atoms with van der Waals surface area (Å²) in [7, 11) is 0. The molecule has 2 aromatic carbocycles. The Balaban J connectivity index is 1.52. The molecule has 6 heteroatoms. The molecule has 0 radical (unpaired) electrons. The van der Waals surface area contributed by atoms with Crippen LogP contribution in [0.1, 0.15) is 5.56 Å². The van der Waals surface area contributed by atoms with Crippen LogP contribution in [0.5, 0.6) is 5.75 Å². The number of nitrogens with one attached hydrogen (secondary N) is 1. The van der Waals surface area contributed by atoms with Gasteiger partial charge < -0.3 is 10.1 Å². The Bertz CT molecular complexity index is 1180. The van der Waals surface area contributed by atoms with Gasteiger partial charge >= 0.3 is 0 Å². The molecule has 29 heavy (non-hydrogen) atoms. The first-order chi connectivity index (χ1) is 14.2. The van der Waals surface area contributed by atoms with Crippen molar-refractivity contribution in [2.24, 2.45) is 0 Å². The molecule has 0 fully saturated rings. The minimum atomic E-state index is -0.283. The molecule has 1 amide bonds. The number of ether oxygens (including phenoxy) is 1. The van der Waals surface area contributed by atoms with Gasteiger partial charge in [-0.25, -0.2) is 4.98 Å². The van der Waals surface area contributed by atoms with Crippen molar-refractivity contribution in [3.8, 4) is 23.1 Å². The lowest BCUT2D eigenvalue weighted by Gasteiger charge is -2.09. The average molecular weight is 382 g/mol. The first-order valence-corrected chi connectivity index (χ1v) is 9.15. The van der Waals surface area contributed by atoms with Gasteiger partial charge in [-0.05, 0) is 29.8 Å². The molecule has 4 rings (SSSR count). The van der Waals surface area contributed by atoms with Crippen molar-refractivity contribution in [2.75, 3.05) is 11.9 Å². The molecular formula is C23H18N4O2. The van der Waals surface area contributed by atoms with Crippen LogP contribution >= 0.6 is 0 Å². The third-order valence-corrected chi connectivity index (χ3v) is 4.41. The third kappa shape index (κ3) is 4.09. The molecule has 0 saturated carbocycles. The van der Waals surface area contributed by atoms with Crippen molar-refractivity contribution in [1.82, 2.24) is 9.38 Å². The molecule has 2 aromatic heterocycles. The first kappa shape index (κ1) is 18.3. The van der Waals surface area contributed by atoms with Crippen LogP contribution < -0.4 is 10.1 Å². The van der Waals surface area contributed by atoms with Crippen LogP contribution in [0.3, 0.4) is 0 Å². The van der Waals surface area contributed by atoms with E-state index in [0.717, 1.165) is 16.8 Å². The van der Waals surface area contributed by atoms with E-state index < -0.39 is 0 Å². The minimum absolute atomic E-state index is 0.133. The normalized spacial score (nSPS) is 10.4. The lowest BCUT2D eigenvalue weighted by atomic mass is 10.1. The molecule has 6 nitrogen and oxygen atoms in total. The van der Waals surface area contributed by atoms with Crippen molar-refractivity contribution in [2.45, 2.75) is 6.42 Å². The number of pyridine rings is 1. The number of carbonyl (C=O) groups is 1. The fraction of sp³-hybridized carbons (Fsp3) is 0.0870. The summed E-state index contributed by atoms with van der Waals surface area (Å²) in [6.07, 6.45) is 2.20. The highest BCUT2D eigenvalue weighted by Crippen LogP contribution is 2.28. The summed E-state index contributed by atoms with van der Waals surface area (Å²) in [6, 6.07) is 24.6.